The Balaban J connectivity index is 1.78. The minimum Gasteiger partial charge on any atom is -0.401 e. The van der Waals surface area contributed by atoms with Crippen molar-refractivity contribution in [1.29, 1.82) is 0 Å². The summed E-state index contributed by atoms with van der Waals surface area (Å²) in [5, 5.41) is 3.18. The first-order chi connectivity index (χ1) is 15.8. The first-order valence-electron chi connectivity index (χ1n) is 11.3. The Hall–Kier alpha value is -3.73. The number of amides is 2. The molecule has 33 heavy (non-hydrogen) atoms. The van der Waals surface area contributed by atoms with Gasteiger partial charge in [0.2, 0.25) is 0 Å². The van der Waals surface area contributed by atoms with Gasteiger partial charge in [-0.05, 0) is 43.9 Å². The number of rotatable bonds is 4. The summed E-state index contributed by atoms with van der Waals surface area (Å²) in [6.45, 7) is 6.55. The van der Waals surface area contributed by atoms with E-state index in [-0.39, 0.29) is 17.9 Å². The van der Waals surface area contributed by atoms with E-state index in [1.807, 2.05) is 11.0 Å². The molecule has 8 nitrogen and oxygen atoms in total. The molecule has 0 atom stereocenters. The van der Waals surface area contributed by atoms with Crippen LogP contribution in [0.2, 0.25) is 0 Å². The van der Waals surface area contributed by atoms with Crippen LogP contribution in [0.15, 0.2) is 58.6 Å². The van der Waals surface area contributed by atoms with Gasteiger partial charge in [0.05, 0.1) is 11.3 Å². The fourth-order valence-corrected chi connectivity index (χ4v) is 3.97. The van der Waals surface area contributed by atoms with Gasteiger partial charge in [-0.3, -0.25) is 0 Å². The van der Waals surface area contributed by atoms with E-state index in [0.717, 1.165) is 18.4 Å². The normalized spacial score (nSPS) is 17.9. The van der Waals surface area contributed by atoms with Gasteiger partial charge in [0.15, 0.2) is 0 Å². The third-order valence-corrected chi connectivity index (χ3v) is 5.74. The number of hydrogen-bond acceptors (Lipinski definition) is 6. The van der Waals surface area contributed by atoms with Gasteiger partial charge < -0.3 is 27.4 Å². The van der Waals surface area contributed by atoms with Crippen molar-refractivity contribution in [2.45, 2.75) is 51.5 Å². The molecule has 0 bridgehead atoms. The zero-order valence-corrected chi connectivity index (χ0v) is 19.2. The first-order valence-corrected chi connectivity index (χ1v) is 11.3. The van der Waals surface area contributed by atoms with E-state index in [0.29, 0.717) is 47.9 Å². The van der Waals surface area contributed by atoms with Crippen LogP contribution in [0.25, 0.3) is 0 Å². The number of anilines is 1. The topological polar surface area (TPSA) is 136 Å². The molecule has 1 aromatic rings. The molecule has 1 aliphatic heterocycles. The van der Waals surface area contributed by atoms with E-state index in [2.05, 4.69) is 33.7 Å². The summed E-state index contributed by atoms with van der Waals surface area (Å²) in [6.07, 6.45) is 9.94. The van der Waals surface area contributed by atoms with Crippen molar-refractivity contribution in [1.82, 2.24) is 15.2 Å². The molecule has 0 spiro atoms. The number of hydrogen-bond donors (Lipinski definition) is 4. The lowest BCUT2D eigenvalue weighted by molar-refractivity contribution is 0.194. The number of urea groups is 1. The Kier molecular flexibility index (Phi) is 8.14. The molecule has 174 valence electrons. The van der Waals surface area contributed by atoms with E-state index >= 15 is 0 Å². The Labute approximate surface area is 195 Å². The van der Waals surface area contributed by atoms with E-state index in [9.17, 15) is 4.79 Å². The van der Waals surface area contributed by atoms with Gasteiger partial charge in [0.1, 0.15) is 11.6 Å². The Morgan fingerprint density at radius 2 is 2.03 bits per heavy atom. The monoisotopic (exact) mass is 447 g/mol. The molecule has 2 aliphatic rings. The highest BCUT2D eigenvalue weighted by molar-refractivity contribution is 6.16. The maximum atomic E-state index is 12.7. The second-order valence-electron chi connectivity index (χ2n) is 8.44. The van der Waals surface area contributed by atoms with Gasteiger partial charge in [0, 0.05) is 36.6 Å². The first kappa shape index (κ1) is 23.9. The van der Waals surface area contributed by atoms with Crippen molar-refractivity contribution in [2.24, 2.45) is 16.5 Å². The standard InChI is InChI=1S/C25H33N7O/c1-17(26)22(10-8-19-9-11-23(28)29-16-19)24(30-18(2)27)20-12-14-32(15-13-20)25(33)31-21-6-4-3-5-7-21/h9,11-12,16,21H,2-7,13-15,26-27H2,1H3,(H2,28,29)(H,31,33)/b22-17-,30-24?. The van der Waals surface area contributed by atoms with Crippen LogP contribution in [0.3, 0.4) is 0 Å². The highest BCUT2D eigenvalue weighted by atomic mass is 16.2. The minimum absolute atomic E-state index is 0.0136. The highest BCUT2D eigenvalue weighted by Gasteiger charge is 2.24. The van der Waals surface area contributed by atoms with Crippen molar-refractivity contribution in [3.63, 3.8) is 0 Å². The van der Waals surface area contributed by atoms with Gasteiger partial charge in [-0.15, -0.1) is 0 Å². The molecule has 7 N–H and O–H groups in total. The van der Waals surface area contributed by atoms with Crippen LogP contribution in [-0.2, 0) is 0 Å². The number of aliphatic imine (C=N–C) groups is 1. The second kappa shape index (κ2) is 11.2. The molecule has 1 aromatic heterocycles. The highest BCUT2D eigenvalue weighted by Crippen LogP contribution is 2.21. The predicted molar refractivity (Wildman–Crippen MR) is 133 cm³/mol. The Morgan fingerprint density at radius 3 is 2.61 bits per heavy atom. The molecule has 2 heterocycles. The van der Waals surface area contributed by atoms with E-state index in [1.165, 1.54) is 19.3 Å². The Bertz CT molecular complexity index is 1030. The number of nitrogen functional groups attached to an aromatic ring is 1. The summed E-state index contributed by atoms with van der Waals surface area (Å²) >= 11 is 0. The van der Waals surface area contributed by atoms with Crippen LogP contribution in [0.1, 0.15) is 51.0 Å². The number of nitrogens with one attached hydrogen (secondary N) is 1. The molecule has 1 aliphatic carbocycles. The molecule has 3 rings (SSSR count). The molecule has 0 aromatic carbocycles. The molecular formula is C25H33N7O. The SMILES string of the molecule is C=C(N)N=C(C1=CCN(C(=O)NC2CCCCC2)CC1)/C(C#Cc1ccc(N)nc1)=C(/C)N. The third kappa shape index (κ3) is 6.88. The number of carbonyl (C=O) groups is 1. The smallest absolute Gasteiger partial charge is 0.317 e. The maximum Gasteiger partial charge on any atom is 0.317 e. The molecule has 1 saturated carbocycles. The quantitative estimate of drug-likeness (QED) is 0.416. The van der Waals surface area contributed by atoms with Gasteiger partial charge in [-0.25, -0.2) is 14.8 Å². The van der Waals surface area contributed by atoms with Crippen LogP contribution in [0, 0.1) is 11.8 Å². The minimum atomic E-state index is -0.0136. The summed E-state index contributed by atoms with van der Waals surface area (Å²) in [5.41, 5.74) is 21.0. The van der Waals surface area contributed by atoms with Gasteiger partial charge in [-0.2, -0.15) is 0 Å². The van der Waals surface area contributed by atoms with Crippen molar-refractivity contribution < 1.29 is 4.79 Å². The molecule has 0 unspecified atom stereocenters. The zero-order valence-electron chi connectivity index (χ0n) is 19.2. The molecule has 0 radical (unpaired) electrons. The summed E-state index contributed by atoms with van der Waals surface area (Å²) < 4.78 is 0. The number of pyridine rings is 1. The number of nitrogens with zero attached hydrogens (tertiary/aromatic N) is 3. The van der Waals surface area contributed by atoms with Crippen LogP contribution >= 0.6 is 0 Å². The summed E-state index contributed by atoms with van der Waals surface area (Å²) in [4.78, 5) is 23.0. The van der Waals surface area contributed by atoms with E-state index in [4.69, 9.17) is 17.2 Å². The number of allylic oxidation sites excluding steroid dienone is 2. The van der Waals surface area contributed by atoms with Crippen LogP contribution in [0.5, 0.6) is 0 Å². The van der Waals surface area contributed by atoms with Gasteiger partial charge in [0.25, 0.3) is 0 Å². The summed E-state index contributed by atoms with van der Waals surface area (Å²) in [7, 11) is 0. The van der Waals surface area contributed by atoms with Gasteiger partial charge in [-0.1, -0.05) is 43.8 Å². The lowest BCUT2D eigenvalue weighted by Gasteiger charge is -2.30. The van der Waals surface area contributed by atoms with Crippen molar-refractivity contribution in [3.05, 3.63) is 59.2 Å². The van der Waals surface area contributed by atoms with E-state index in [1.54, 1.807) is 25.3 Å². The van der Waals surface area contributed by atoms with Crippen LogP contribution < -0.4 is 22.5 Å². The zero-order chi connectivity index (χ0) is 23.8. The maximum absolute atomic E-state index is 12.7. The Morgan fingerprint density at radius 1 is 1.27 bits per heavy atom. The number of carbonyl (C=O) groups excluding carboxylic acids is 1. The molecular weight excluding hydrogens is 414 g/mol. The average molecular weight is 448 g/mol. The second-order valence-corrected chi connectivity index (χ2v) is 8.44. The lowest BCUT2D eigenvalue weighted by atomic mass is 9.95. The summed E-state index contributed by atoms with van der Waals surface area (Å²) in [5.74, 6) is 6.76. The van der Waals surface area contributed by atoms with Crippen molar-refractivity contribution >= 4 is 17.6 Å². The van der Waals surface area contributed by atoms with Crippen molar-refractivity contribution in [3.8, 4) is 11.8 Å². The van der Waals surface area contributed by atoms with E-state index < -0.39 is 0 Å². The summed E-state index contributed by atoms with van der Waals surface area (Å²) in [6, 6.07) is 3.75. The lowest BCUT2D eigenvalue weighted by Crippen LogP contribution is -2.47. The van der Waals surface area contributed by atoms with Crippen LogP contribution in [0.4, 0.5) is 10.6 Å². The molecule has 8 heteroatoms. The van der Waals surface area contributed by atoms with Gasteiger partial charge >= 0.3 is 6.03 Å². The van der Waals surface area contributed by atoms with Crippen LogP contribution in [-0.4, -0.2) is 40.8 Å². The predicted octanol–water partition coefficient (Wildman–Crippen LogP) is 2.79. The van der Waals surface area contributed by atoms with Crippen molar-refractivity contribution in [2.75, 3.05) is 18.8 Å². The molecule has 1 fully saturated rings. The fourth-order valence-electron chi connectivity index (χ4n) is 3.97. The molecule has 2 amide bonds. The molecule has 0 saturated heterocycles. The fraction of sp³-hybridized carbons (Fsp3) is 0.400. The average Bonchev–Trinajstić information content (AvgIpc) is 2.80. The number of aromatic nitrogens is 1. The largest absolute Gasteiger partial charge is 0.401 e. The third-order valence-electron chi connectivity index (χ3n) is 5.74. The number of nitrogens with two attached hydrogens (primary N) is 3.